The topological polar surface area (TPSA) is 51.5 Å². The number of anilines is 1. The van der Waals surface area contributed by atoms with Crippen LogP contribution < -0.4 is 10.1 Å². The van der Waals surface area contributed by atoms with Crippen LogP contribution in [-0.4, -0.2) is 13.0 Å². The second-order valence-electron chi connectivity index (χ2n) is 6.32. The average molecular weight is 404 g/mol. The number of nitrogens with one attached hydrogen (secondary N) is 1. The van der Waals surface area contributed by atoms with Crippen LogP contribution in [0.25, 0.3) is 16.5 Å². The third-order valence-electron chi connectivity index (χ3n) is 4.40. The number of hydrogen-bond donors (Lipinski definition) is 1. The molecule has 0 fully saturated rings. The number of carbonyl (C=O) groups excluding carboxylic acids is 1. The fourth-order valence-corrected chi connectivity index (χ4v) is 3.48. The maximum atomic E-state index is 12.5. The van der Waals surface area contributed by atoms with Crippen molar-refractivity contribution >= 4 is 51.3 Å². The van der Waals surface area contributed by atoms with Crippen LogP contribution in [0.1, 0.15) is 23.6 Å². The van der Waals surface area contributed by atoms with Crippen LogP contribution in [0, 0.1) is 13.8 Å². The summed E-state index contributed by atoms with van der Waals surface area (Å²) >= 11 is 12.0. The molecule has 0 aliphatic heterocycles. The number of benzene rings is 2. The summed E-state index contributed by atoms with van der Waals surface area (Å²) in [4.78, 5) is 12.5. The predicted octanol–water partition coefficient (Wildman–Crippen LogP) is 6.41. The van der Waals surface area contributed by atoms with Gasteiger partial charge in [-0.15, -0.1) is 0 Å². The molecule has 0 radical (unpaired) electrons. The Morgan fingerprint density at radius 3 is 2.63 bits per heavy atom. The molecule has 0 aliphatic rings. The van der Waals surface area contributed by atoms with Crippen LogP contribution in [0.2, 0.25) is 10.0 Å². The Morgan fingerprint density at radius 2 is 1.96 bits per heavy atom. The van der Waals surface area contributed by atoms with Crippen molar-refractivity contribution in [3.8, 4) is 5.75 Å². The highest BCUT2D eigenvalue weighted by atomic mass is 35.5. The predicted molar refractivity (Wildman–Crippen MR) is 111 cm³/mol. The molecule has 0 aliphatic carbocycles. The summed E-state index contributed by atoms with van der Waals surface area (Å²) in [5.41, 5.74) is 4.82. The smallest absolute Gasteiger partial charge is 0.248 e. The third kappa shape index (κ3) is 3.82. The van der Waals surface area contributed by atoms with Gasteiger partial charge in [-0.1, -0.05) is 23.2 Å². The molecule has 27 heavy (non-hydrogen) atoms. The van der Waals surface area contributed by atoms with Crippen LogP contribution in [0.4, 0.5) is 5.69 Å². The zero-order valence-electron chi connectivity index (χ0n) is 15.4. The Balaban J connectivity index is 1.97. The normalized spacial score (nSPS) is 11.7. The summed E-state index contributed by atoms with van der Waals surface area (Å²) in [6, 6.07) is 6.89. The lowest BCUT2D eigenvalue weighted by Crippen LogP contribution is -2.09. The molecule has 3 aromatic rings. The van der Waals surface area contributed by atoms with Gasteiger partial charge in [-0.2, -0.15) is 0 Å². The summed E-state index contributed by atoms with van der Waals surface area (Å²) in [5, 5.41) is 4.65. The molecular weight excluding hydrogens is 385 g/mol. The lowest BCUT2D eigenvalue weighted by atomic mass is 9.98. The van der Waals surface area contributed by atoms with E-state index in [4.69, 9.17) is 32.4 Å². The first-order chi connectivity index (χ1) is 12.8. The molecule has 1 heterocycles. The van der Waals surface area contributed by atoms with Gasteiger partial charge in [-0.3, -0.25) is 4.79 Å². The molecule has 6 heteroatoms. The third-order valence-corrected chi connectivity index (χ3v) is 4.95. The van der Waals surface area contributed by atoms with Gasteiger partial charge in [0.25, 0.3) is 0 Å². The van der Waals surface area contributed by atoms with Gasteiger partial charge < -0.3 is 14.5 Å². The zero-order chi connectivity index (χ0) is 19.7. The molecule has 3 rings (SSSR count). The number of methoxy groups -OCH3 is 1. The Hall–Kier alpha value is -2.43. The molecule has 0 saturated heterocycles. The molecule has 0 bridgehead atoms. The molecule has 1 aromatic heterocycles. The van der Waals surface area contributed by atoms with Crippen molar-refractivity contribution in [2.75, 3.05) is 12.4 Å². The number of rotatable bonds is 4. The van der Waals surface area contributed by atoms with Gasteiger partial charge in [0.2, 0.25) is 5.91 Å². The lowest BCUT2D eigenvalue weighted by Gasteiger charge is -2.13. The number of fused-ring (bicyclic) bond motifs is 1. The van der Waals surface area contributed by atoms with Crippen LogP contribution in [0.15, 0.2) is 41.0 Å². The van der Waals surface area contributed by atoms with Crippen LogP contribution in [0.5, 0.6) is 5.75 Å². The van der Waals surface area contributed by atoms with E-state index < -0.39 is 0 Å². The monoisotopic (exact) mass is 403 g/mol. The average Bonchev–Trinajstić information content (AvgIpc) is 2.98. The first-order valence-corrected chi connectivity index (χ1v) is 9.07. The van der Waals surface area contributed by atoms with Crippen molar-refractivity contribution in [2.45, 2.75) is 20.8 Å². The zero-order valence-corrected chi connectivity index (χ0v) is 17.0. The Kier molecular flexibility index (Phi) is 5.49. The summed E-state index contributed by atoms with van der Waals surface area (Å²) < 4.78 is 11.2. The Morgan fingerprint density at radius 1 is 1.22 bits per heavy atom. The summed E-state index contributed by atoms with van der Waals surface area (Å²) in [7, 11) is 1.61. The SMILES string of the molecule is COc1c(/C(C)=C/C(=O)Nc2ccc(Cl)cc2Cl)cc2c(C)coc2c1C. The lowest BCUT2D eigenvalue weighted by molar-refractivity contribution is -0.111. The first kappa shape index (κ1) is 19.3. The first-order valence-electron chi connectivity index (χ1n) is 8.32. The van der Waals surface area contributed by atoms with E-state index in [2.05, 4.69) is 5.32 Å². The molecule has 0 saturated carbocycles. The number of amides is 1. The van der Waals surface area contributed by atoms with Gasteiger partial charge in [-0.05, 0) is 56.2 Å². The standard InChI is InChI=1S/C21H19Cl2NO3/c1-11(7-19(25)24-18-6-5-14(22)8-17(18)23)15-9-16-12(2)10-27-21(16)13(3)20(15)26-4/h5-10H,1-4H3,(H,24,25)/b11-7+. The van der Waals surface area contributed by atoms with E-state index in [-0.39, 0.29) is 5.91 Å². The number of carbonyl (C=O) groups is 1. The number of halogens is 2. The van der Waals surface area contributed by atoms with E-state index in [1.54, 1.807) is 31.6 Å². The van der Waals surface area contributed by atoms with E-state index >= 15 is 0 Å². The van der Waals surface area contributed by atoms with E-state index in [0.717, 1.165) is 33.2 Å². The molecule has 1 N–H and O–H groups in total. The fraction of sp³-hybridized carbons (Fsp3) is 0.190. The number of hydrogen-bond acceptors (Lipinski definition) is 3. The number of aryl methyl sites for hydroxylation is 2. The van der Waals surface area contributed by atoms with Gasteiger partial charge >= 0.3 is 0 Å². The van der Waals surface area contributed by atoms with E-state index in [0.29, 0.717) is 21.5 Å². The van der Waals surface area contributed by atoms with Gasteiger partial charge in [0, 0.05) is 27.6 Å². The highest BCUT2D eigenvalue weighted by Crippen LogP contribution is 2.37. The second kappa shape index (κ2) is 7.67. The van der Waals surface area contributed by atoms with Crippen molar-refractivity contribution in [3.63, 3.8) is 0 Å². The highest BCUT2D eigenvalue weighted by molar-refractivity contribution is 6.36. The molecule has 4 nitrogen and oxygen atoms in total. The summed E-state index contributed by atoms with van der Waals surface area (Å²) in [6.07, 6.45) is 3.23. The van der Waals surface area contributed by atoms with Crippen molar-refractivity contribution in [2.24, 2.45) is 0 Å². The number of allylic oxidation sites excluding steroid dienone is 1. The minimum absolute atomic E-state index is 0.291. The quantitative estimate of drug-likeness (QED) is 0.512. The van der Waals surface area contributed by atoms with Gasteiger partial charge in [-0.25, -0.2) is 0 Å². The van der Waals surface area contributed by atoms with Gasteiger partial charge in [0.15, 0.2) is 0 Å². The van der Waals surface area contributed by atoms with Crippen LogP contribution >= 0.6 is 23.2 Å². The van der Waals surface area contributed by atoms with Gasteiger partial charge in [0.05, 0.1) is 24.1 Å². The van der Waals surface area contributed by atoms with Crippen molar-refractivity contribution in [3.05, 3.63) is 63.3 Å². The minimum atomic E-state index is -0.291. The minimum Gasteiger partial charge on any atom is -0.496 e. The molecule has 2 aromatic carbocycles. The van der Waals surface area contributed by atoms with E-state index in [1.165, 1.54) is 6.08 Å². The molecule has 140 valence electrons. The van der Waals surface area contributed by atoms with Crippen LogP contribution in [-0.2, 0) is 4.79 Å². The van der Waals surface area contributed by atoms with Crippen molar-refractivity contribution < 1.29 is 13.9 Å². The molecule has 0 unspecified atom stereocenters. The maximum absolute atomic E-state index is 12.5. The fourth-order valence-electron chi connectivity index (χ4n) is 3.03. The van der Waals surface area contributed by atoms with Crippen molar-refractivity contribution in [1.82, 2.24) is 0 Å². The molecule has 1 amide bonds. The van der Waals surface area contributed by atoms with E-state index in [1.807, 2.05) is 26.8 Å². The van der Waals surface area contributed by atoms with Crippen LogP contribution in [0.3, 0.4) is 0 Å². The van der Waals surface area contributed by atoms with E-state index in [9.17, 15) is 4.79 Å². The summed E-state index contributed by atoms with van der Waals surface area (Å²) in [6.45, 7) is 5.78. The maximum Gasteiger partial charge on any atom is 0.248 e. The van der Waals surface area contributed by atoms with Gasteiger partial charge in [0.1, 0.15) is 11.3 Å². The molecule has 0 atom stereocenters. The molecular formula is C21H19Cl2NO3. The summed E-state index contributed by atoms with van der Waals surface area (Å²) in [5.74, 6) is 0.392. The highest BCUT2D eigenvalue weighted by Gasteiger charge is 2.17. The Labute approximate surface area is 167 Å². The van der Waals surface area contributed by atoms with Crippen molar-refractivity contribution in [1.29, 1.82) is 0 Å². The second-order valence-corrected chi connectivity index (χ2v) is 7.16. The largest absolute Gasteiger partial charge is 0.496 e. The molecule has 0 spiro atoms. The Bertz CT molecular complexity index is 1070. The number of ether oxygens (including phenoxy) is 1. The number of furan rings is 1.